The zero-order valence-corrected chi connectivity index (χ0v) is 11.8. The Morgan fingerprint density at radius 3 is 2.94 bits per heavy atom. The summed E-state index contributed by atoms with van der Waals surface area (Å²) in [6.45, 7) is 8.62. The van der Waals surface area contributed by atoms with E-state index in [9.17, 15) is 0 Å². The Labute approximate surface area is 111 Å². The summed E-state index contributed by atoms with van der Waals surface area (Å²) in [6.07, 6.45) is 1.85. The van der Waals surface area contributed by atoms with Crippen molar-refractivity contribution in [3.63, 3.8) is 0 Å². The van der Waals surface area contributed by atoms with Gasteiger partial charge in [-0.05, 0) is 34.5 Å². The average Bonchev–Trinajstić information content (AvgIpc) is 2.35. The minimum Gasteiger partial charge on any atom is -0.369 e. The van der Waals surface area contributed by atoms with Crippen molar-refractivity contribution in [3.8, 4) is 0 Å². The Hall–Kier alpha value is -0.650. The molecule has 0 aromatic carbocycles. The van der Waals surface area contributed by atoms with Gasteiger partial charge < -0.3 is 10.6 Å². The first-order valence-corrected chi connectivity index (χ1v) is 6.84. The molecule has 1 aromatic rings. The number of rotatable bonds is 4. The van der Waals surface area contributed by atoms with Crippen LogP contribution in [-0.4, -0.2) is 49.2 Å². The van der Waals surface area contributed by atoms with Crippen molar-refractivity contribution in [2.24, 2.45) is 0 Å². The van der Waals surface area contributed by atoms with Crippen LogP contribution in [0.15, 0.2) is 16.7 Å². The summed E-state index contributed by atoms with van der Waals surface area (Å²) in [6, 6.07) is 2.07. The van der Waals surface area contributed by atoms with Crippen LogP contribution in [0.25, 0.3) is 0 Å². The molecule has 1 fully saturated rings. The Bertz CT molecular complexity index is 364. The second-order valence-corrected chi connectivity index (χ2v) is 5.19. The normalized spacial score (nSPS) is 17.1. The molecular weight excluding hydrogens is 280 g/mol. The van der Waals surface area contributed by atoms with Crippen molar-refractivity contribution < 1.29 is 0 Å². The van der Waals surface area contributed by atoms with Gasteiger partial charge in [-0.15, -0.1) is 0 Å². The van der Waals surface area contributed by atoms with Crippen LogP contribution in [-0.2, 0) is 0 Å². The largest absolute Gasteiger partial charge is 0.369 e. The second-order valence-electron chi connectivity index (χ2n) is 4.34. The highest BCUT2D eigenvalue weighted by Gasteiger charge is 2.08. The van der Waals surface area contributed by atoms with E-state index in [1.54, 1.807) is 0 Å². The first-order valence-electron chi connectivity index (χ1n) is 6.05. The van der Waals surface area contributed by atoms with Crippen molar-refractivity contribution in [3.05, 3.63) is 22.3 Å². The fourth-order valence-corrected chi connectivity index (χ4v) is 2.13. The average molecular weight is 299 g/mol. The zero-order valence-electron chi connectivity index (χ0n) is 10.2. The van der Waals surface area contributed by atoms with Crippen molar-refractivity contribution in [2.75, 3.05) is 44.6 Å². The SMILES string of the molecule is Cc1cc(NCCN2CCNCC2)ncc1Br. The molecule has 5 heteroatoms. The number of nitrogens with zero attached hydrogens (tertiary/aromatic N) is 2. The highest BCUT2D eigenvalue weighted by atomic mass is 79.9. The number of anilines is 1. The van der Waals surface area contributed by atoms with Gasteiger partial charge in [-0.1, -0.05) is 0 Å². The number of nitrogens with one attached hydrogen (secondary N) is 2. The number of aryl methyl sites for hydroxylation is 1. The summed E-state index contributed by atoms with van der Waals surface area (Å²) < 4.78 is 1.06. The molecule has 0 radical (unpaired) electrons. The number of hydrogen-bond acceptors (Lipinski definition) is 4. The third kappa shape index (κ3) is 3.94. The Morgan fingerprint density at radius 1 is 1.47 bits per heavy atom. The van der Waals surface area contributed by atoms with Crippen LogP contribution in [0.3, 0.4) is 0 Å². The van der Waals surface area contributed by atoms with Gasteiger partial charge in [-0.3, -0.25) is 4.90 Å². The zero-order chi connectivity index (χ0) is 12.1. The Balaban J connectivity index is 1.75. The lowest BCUT2D eigenvalue weighted by Crippen LogP contribution is -2.45. The monoisotopic (exact) mass is 298 g/mol. The van der Waals surface area contributed by atoms with E-state index in [0.29, 0.717) is 0 Å². The quantitative estimate of drug-likeness (QED) is 0.883. The molecule has 0 bridgehead atoms. The molecule has 0 saturated carbocycles. The molecule has 2 N–H and O–H groups in total. The Kier molecular flexibility index (Phi) is 4.76. The van der Waals surface area contributed by atoms with Gasteiger partial charge in [0.1, 0.15) is 5.82 Å². The Morgan fingerprint density at radius 2 is 2.24 bits per heavy atom. The van der Waals surface area contributed by atoms with Gasteiger partial charge in [0.05, 0.1) is 0 Å². The summed E-state index contributed by atoms with van der Waals surface area (Å²) in [5, 5.41) is 6.72. The van der Waals surface area contributed by atoms with E-state index in [2.05, 4.69) is 49.4 Å². The number of aromatic nitrogens is 1. The maximum absolute atomic E-state index is 4.33. The van der Waals surface area contributed by atoms with Gasteiger partial charge in [0.15, 0.2) is 0 Å². The van der Waals surface area contributed by atoms with Crippen molar-refractivity contribution >= 4 is 21.7 Å². The molecular formula is C12H19BrN4. The molecule has 0 aliphatic carbocycles. The summed E-state index contributed by atoms with van der Waals surface area (Å²) in [7, 11) is 0. The smallest absolute Gasteiger partial charge is 0.126 e. The fraction of sp³-hybridized carbons (Fsp3) is 0.583. The van der Waals surface area contributed by atoms with E-state index in [4.69, 9.17) is 0 Å². The van der Waals surface area contributed by atoms with Crippen molar-refractivity contribution in [1.82, 2.24) is 15.2 Å². The number of piperazine rings is 1. The molecule has 0 unspecified atom stereocenters. The molecule has 0 atom stereocenters. The van der Waals surface area contributed by atoms with Gasteiger partial charge >= 0.3 is 0 Å². The van der Waals surface area contributed by atoms with Crippen LogP contribution in [0.1, 0.15) is 5.56 Å². The van der Waals surface area contributed by atoms with E-state index in [-0.39, 0.29) is 0 Å². The first kappa shape index (κ1) is 12.8. The number of pyridine rings is 1. The van der Waals surface area contributed by atoms with Crippen LogP contribution in [0, 0.1) is 6.92 Å². The summed E-state index contributed by atoms with van der Waals surface area (Å²) >= 11 is 3.45. The molecule has 2 rings (SSSR count). The first-order chi connectivity index (χ1) is 8.25. The molecule has 0 spiro atoms. The van der Waals surface area contributed by atoms with Gasteiger partial charge in [0.2, 0.25) is 0 Å². The van der Waals surface area contributed by atoms with E-state index in [1.165, 1.54) is 5.56 Å². The topological polar surface area (TPSA) is 40.2 Å². The maximum atomic E-state index is 4.33. The summed E-state index contributed by atoms with van der Waals surface area (Å²) in [4.78, 5) is 6.80. The molecule has 1 aromatic heterocycles. The molecule has 1 aliphatic heterocycles. The summed E-state index contributed by atoms with van der Waals surface area (Å²) in [5.41, 5.74) is 1.21. The van der Waals surface area contributed by atoms with Crippen LogP contribution in [0.4, 0.5) is 5.82 Å². The van der Waals surface area contributed by atoms with Gasteiger partial charge in [0, 0.05) is 49.9 Å². The van der Waals surface area contributed by atoms with Crippen molar-refractivity contribution in [2.45, 2.75) is 6.92 Å². The molecule has 94 valence electrons. The fourth-order valence-electron chi connectivity index (χ4n) is 1.91. The highest BCUT2D eigenvalue weighted by Crippen LogP contribution is 2.16. The lowest BCUT2D eigenvalue weighted by atomic mass is 10.3. The third-order valence-corrected chi connectivity index (χ3v) is 3.82. The standard InChI is InChI=1S/C12H19BrN4/c1-10-8-12(16-9-11(10)13)15-4-7-17-5-2-14-3-6-17/h8-9,14H,2-7H2,1H3,(H,15,16). The lowest BCUT2D eigenvalue weighted by molar-refractivity contribution is 0.249. The predicted molar refractivity (Wildman–Crippen MR) is 74.5 cm³/mol. The molecule has 4 nitrogen and oxygen atoms in total. The van der Waals surface area contributed by atoms with Crippen LogP contribution in [0.5, 0.6) is 0 Å². The molecule has 17 heavy (non-hydrogen) atoms. The molecule has 1 aliphatic rings. The van der Waals surface area contributed by atoms with E-state index < -0.39 is 0 Å². The van der Waals surface area contributed by atoms with E-state index >= 15 is 0 Å². The van der Waals surface area contributed by atoms with E-state index in [1.807, 2.05) is 6.20 Å². The van der Waals surface area contributed by atoms with Gasteiger partial charge in [-0.2, -0.15) is 0 Å². The molecule has 2 heterocycles. The summed E-state index contributed by atoms with van der Waals surface area (Å²) in [5.74, 6) is 0.959. The van der Waals surface area contributed by atoms with Crippen LogP contribution in [0.2, 0.25) is 0 Å². The minimum atomic E-state index is 0.952. The van der Waals surface area contributed by atoms with E-state index in [0.717, 1.165) is 49.6 Å². The van der Waals surface area contributed by atoms with Gasteiger partial charge in [-0.25, -0.2) is 4.98 Å². The maximum Gasteiger partial charge on any atom is 0.126 e. The predicted octanol–water partition coefficient (Wildman–Crippen LogP) is 1.47. The van der Waals surface area contributed by atoms with Gasteiger partial charge in [0.25, 0.3) is 0 Å². The van der Waals surface area contributed by atoms with Crippen molar-refractivity contribution in [1.29, 1.82) is 0 Å². The number of hydrogen-bond donors (Lipinski definition) is 2. The number of halogens is 1. The van der Waals surface area contributed by atoms with Crippen LogP contribution < -0.4 is 10.6 Å². The lowest BCUT2D eigenvalue weighted by Gasteiger charge is -2.27. The molecule has 1 saturated heterocycles. The highest BCUT2D eigenvalue weighted by molar-refractivity contribution is 9.10. The minimum absolute atomic E-state index is 0.952. The molecule has 0 amide bonds. The van der Waals surface area contributed by atoms with Crippen LogP contribution >= 0.6 is 15.9 Å². The second kappa shape index (κ2) is 6.33. The third-order valence-electron chi connectivity index (χ3n) is 2.99.